The highest BCUT2D eigenvalue weighted by Crippen LogP contribution is 2.26. The summed E-state index contributed by atoms with van der Waals surface area (Å²) in [5.74, 6) is 1.38. The molecule has 2 fully saturated rings. The number of benzene rings is 1. The van der Waals surface area contributed by atoms with Crippen LogP contribution in [0.3, 0.4) is 0 Å². The molecule has 1 aliphatic carbocycles. The number of hydrogen-bond donors (Lipinski definition) is 2. The van der Waals surface area contributed by atoms with E-state index in [0.29, 0.717) is 38.5 Å². The Bertz CT molecular complexity index is 942. The molecule has 1 aliphatic heterocycles. The first-order valence-electron chi connectivity index (χ1n) is 11.3. The van der Waals surface area contributed by atoms with Gasteiger partial charge < -0.3 is 24.9 Å². The van der Waals surface area contributed by atoms with Crippen molar-refractivity contribution in [1.82, 2.24) is 15.1 Å². The van der Waals surface area contributed by atoms with Crippen LogP contribution in [-0.4, -0.2) is 60.8 Å². The van der Waals surface area contributed by atoms with Crippen molar-refractivity contribution in [2.75, 3.05) is 38.5 Å². The highest BCUT2D eigenvalue weighted by atomic mass is 16.3. The van der Waals surface area contributed by atoms with Crippen molar-refractivity contribution in [1.29, 1.82) is 0 Å². The predicted molar refractivity (Wildman–Crippen MR) is 123 cm³/mol. The van der Waals surface area contributed by atoms with Gasteiger partial charge in [0.2, 0.25) is 5.91 Å². The average Bonchev–Trinajstić information content (AvgIpc) is 3.54. The standard InChI is InChI=1S/C24H31N5O3/c1-25-24(29-13-11-28(12-14-29)23(31)21-10-5-15-32-21)26-17-18-6-4-9-20(16-18)27-22(30)19-7-2-3-8-19/h4-6,9-10,15-16,19H,2-3,7-8,11-14,17H2,1H3,(H,25,26)(H,27,30). The number of nitrogens with zero attached hydrogens (tertiary/aromatic N) is 3. The van der Waals surface area contributed by atoms with E-state index in [9.17, 15) is 9.59 Å². The molecule has 8 heteroatoms. The monoisotopic (exact) mass is 437 g/mol. The first kappa shape index (κ1) is 21.9. The minimum atomic E-state index is -0.0749. The van der Waals surface area contributed by atoms with Crippen LogP contribution in [0.15, 0.2) is 52.1 Å². The Morgan fingerprint density at radius 1 is 1.06 bits per heavy atom. The smallest absolute Gasteiger partial charge is 0.289 e. The molecule has 2 aromatic rings. The number of amides is 2. The van der Waals surface area contributed by atoms with Crippen LogP contribution in [0.4, 0.5) is 5.69 Å². The van der Waals surface area contributed by atoms with Crippen LogP contribution < -0.4 is 10.6 Å². The summed E-state index contributed by atoms with van der Waals surface area (Å²) in [7, 11) is 1.76. The fourth-order valence-corrected chi connectivity index (χ4v) is 4.38. The van der Waals surface area contributed by atoms with E-state index >= 15 is 0 Å². The minimum Gasteiger partial charge on any atom is -0.459 e. The number of anilines is 1. The van der Waals surface area contributed by atoms with Gasteiger partial charge in [0.25, 0.3) is 5.91 Å². The molecule has 0 unspecified atom stereocenters. The van der Waals surface area contributed by atoms with Gasteiger partial charge in [-0.25, -0.2) is 0 Å². The maximum absolute atomic E-state index is 12.4. The summed E-state index contributed by atoms with van der Waals surface area (Å²) >= 11 is 0. The van der Waals surface area contributed by atoms with E-state index in [-0.39, 0.29) is 17.7 Å². The van der Waals surface area contributed by atoms with Crippen LogP contribution in [0.1, 0.15) is 41.8 Å². The van der Waals surface area contributed by atoms with Gasteiger partial charge in [-0.2, -0.15) is 0 Å². The van der Waals surface area contributed by atoms with E-state index in [2.05, 4.69) is 20.5 Å². The number of rotatable bonds is 5. The number of furan rings is 1. The molecule has 32 heavy (non-hydrogen) atoms. The molecule has 8 nitrogen and oxygen atoms in total. The molecule has 2 aliphatic rings. The largest absolute Gasteiger partial charge is 0.459 e. The summed E-state index contributed by atoms with van der Waals surface area (Å²) in [6, 6.07) is 11.4. The fraction of sp³-hybridized carbons (Fsp3) is 0.458. The molecular formula is C24H31N5O3. The van der Waals surface area contributed by atoms with E-state index in [1.54, 1.807) is 24.1 Å². The van der Waals surface area contributed by atoms with Crippen LogP contribution >= 0.6 is 0 Å². The second kappa shape index (κ2) is 10.3. The second-order valence-corrected chi connectivity index (χ2v) is 8.33. The Morgan fingerprint density at radius 2 is 1.81 bits per heavy atom. The van der Waals surface area contributed by atoms with Gasteiger partial charge in [-0.3, -0.25) is 14.6 Å². The van der Waals surface area contributed by atoms with Crippen LogP contribution in [0, 0.1) is 5.92 Å². The highest BCUT2D eigenvalue weighted by molar-refractivity contribution is 5.93. The van der Waals surface area contributed by atoms with Gasteiger partial charge in [0.05, 0.1) is 6.26 Å². The zero-order valence-corrected chi connectivity index (χ0v) is 18.5. The van der Waals surface area contributed by atoms with Crippen molar-refractivity contribution in [2.24, 2.45) is 10.9 Å². The van der Waals surface area contributed by atoms with Gasteiger partial charge in [-0.05, 0) is 42.7 Å². The first-order chi connectivity index (χ1) is 15.6. The summed E-state index contributed by atoms with van der Waals surface area (Å²) in [5, 5.41) is 6.47. The molecule has 0 bridgehead atoms. The van der Waals surface area contributed by atoms with Crippen molar-refractivity contribution < 1.29 is 14.0 Å². The number of carbonyl (C=O) groups is 2. The molecule has 0 atom stereocenters. The summed E-state index contributed by atoms with van der Waals surface area (Å²) < 4.78 is 5.23. The molecule has 2 amide bonds. The number of nitrogens with one attached hydrogen (secondary N) is 2. The first-order valence-corrected chi connectivity index (χ1v) is 11.3. The molecule has 2 N–H and O–H groups in total. The van der Waals surface area contributed by atoms with Crippen molar-refractivity contribution in [3.8, 4) is 0 Å². The third-order valence-corrected chi connectivity index (χ3v) is 6.18. The van der Waals surface area contributed by atoms with Gasteiger partial charge in [-0.1, -0.05) is 25.0 Å². The highest BCUT2D eigenvalue weighted by Gasteiger charge is 2.25. The topological polar surface area (TPSA) is 90.2 Å². The number of guanidine groups is 1. The lowest BCUT2D eigenvalue weighted by molar-refractivity contribution is -0.119. The van der Waals surface area contributed by atoms with E-state index in [0.717, 1.165) is 42.9 Å². The van der Waals surface area contributed by atoms with Crippen molar-refractivity contribution >= 4 is 23.5 Å². The summed E-state index contributed by atoms with van der Waals surface area (Å²) in [4.78, 5) is 33.2. The van der Waals surface area contributed by atoms with E-state index in [4.69, 9.17) is 4.42 Å². The molecular weight excluding hydrogens is 406 g/mol. The normalized spacial score (nSPS) is 17.5. The molecule has 1 aromatic heterocycles. The molecule has 1 saturated carbocycles. The van der Waals surface area contributed by atoms with Crippen LogP contribution in [0.25, 0.3) is 0 Å². The van der Waals surface area contributed by atoms with Gasteiger partial charge in [0.1, 0.15) is 0 Å². The Morgan fingerprint density at radius 3 is 2.50 bits per heavy atom. The third kappa shape index (κ3) is 5.30. The predicted octanol–water partition coefficient (Wildman–Crippen LogP) is 2.94. The SMILES string of the molecule is CN=C(NCc1cccc(NC(=O)C2CCCC2)c1)N1CCN(C(=O)c2ccco2)CC1. The Labute approximate surface area is 188 Å². The maximum Gasteiger partial charge on any atom is 0.289 e. The summed E-state index contributed by atoms with van der Waals surface area (Å²) in [6.07, 6.45) is 5.79. The molecule has 0 spiro atoms. The number of carbonyl (C=O) groups excluding carboxylic acids is 2. The van der Waals surface area contributed by atoms with Crippen LogP contribution in [-0.2, 0) is 11.3 Å². The number of hydrogen-bond acceptors (Lipinski definition) is 4. The molecule has 0 radical (unpaired) electrons. The molecule has 1 saturated heterocycles. The van der Waals surface area contributed by atoms with Gasteiger partial charge in [0.15, 0.2) is 11.7 Å². The van der Waals surface area contributed by atoms with Crippen LogP contribution in [0.2, 0.25) is 0 Å². The van der Waals surface area contributed by atoms with Crippen molar-refractivity contribution in [3.05, 3.63) is 54.0 Å². The van der Waals surface area contributed by atoms with E-state index in [1.165, 1.54) is 6.26 Å². The quantitative estimate of drug-likeness (QED) is 0.555. The molecule has 4 rings (SSSR count). The lowest BCUT2D eigenvalue weighted by Crippen LogP contribution is -2.53. The average molecular weight is 438 g/mol. The third-order valence-electron chi connectivity index (χ3n) is 6.18. The number of aliphatic imine (C=N–C) groups is 1. The van der Waals surface area contributed by atoms with Crippen LogP contribution in [0.5, 0.6) is 0 Å². The molecule has 170 valence electrons. The van der Waals surface area contributed by atoms with Gasteiger partial charge >= 0.3 is 0 Å². The van der Waals surface area contributed by atoms with Gasteiger partial charge in [0, 0.05) is 51.4 Å². The van der Waals surface area contributed by atoms with Gasteiger partial charge in [-0.15, -0.1) is 0 Å². The van der Waals surface area contributed by atoms with Crippen molar-refractivity contribution in [2.45, 2.75) is 32.2 Å². The van der Waals surface area contributed by atoms with E-state index in [1.807, 2.05) is 24.3 Å². The van der Waals surface area contributed by atoms with E-state index < -0.39 is 0 Å². The zero-order chi connectivity index (χ0) is 22.3. The Balaban J connectivity index is 1.27. The molecule has 1 aromatic carbocycles. The Hall–Kier alpha value is -3.29. The Kier molecular flexibility index (Phi) is 7.09. The molecule has 2 heterocycles. The fourth-order valence-electron chi connectivity index (χ4n) is 4.38. The maximum atomic E-state index is 12.4. The number of piperazine rings is 1. The lowest BCUT2D eigenvalue weighted by atomic mass is 10.1. The summed E-state index contributed by atoms with van der Waals surface area (Å²) in [5.41, 5.74) is 1.91. The second-order valence-electron chi connectivity index (χ2n) is 8.33. The minimum absolute atomic E-state index is 0.0749. The van der Waals surface area contributed by atoms with Crippen molar-refractivity contribution in [3.63, 3.8) is 0 Å². The zero-order valence-electron chi connectivity index (χ0n) is 18.5. The summed E-state index contributed by atoms with van der Waals surface area (Å²) in [6.45, 7) is 3.23. The lowest BCUT2D eigenvalue weighted by Gasteiger charge is -2.36.